The van der Waals surface area contributed by atoms with Gasteiger partial charge in [0.15, 0.2) is 0 Å². The molecule has 1 aromatic rings. The molecule has 2 N–H and O–H groups in total. The van der Waals surface area contributed by atoms with Crippen molar-refractivity contribution in [1.29, 1.82) is 0 Å². The van der Waals surface area contributed by atoms with Crippen LogP contribution < -0.4 is 10.9 Å². The number of rotatable bonds is 5. The van der Waals surface area contributed by atoms with Gasteiger partial charge in [-0.1, -0.05) is 5.16 Å². The molecule has 7 heteroatoms. The number of hydrogen-bond donors (Lipinski definition) is 2. The Balaban J connectivity index is 1.23. The predicted octanol–water partition coefficient (Wildman–Crippen LogP) is 3.32. The van der Waals surface area contributed by atoms with E-state index in [2.05, 4.69) is 16.0 Å². The van der Waals surface area contributed by atoms with Gasteiger partial charge in [-0.2, -0.15) is 0 Å². The van der Waals surface area contributed by atoms with E-state index in [0.29, 0.717) is 18.5 Å². The van der Waals surface area contributed by atoms with Gasteiger partial charge in [-0.05, 0) is 86.6 Å². The van der Waals surface area contributed by atoms with Crippen molar-refractivity contribution in [2.45, 2.75) is 64.7 Å². The summed E-state index contributed by atoms with van der Waals surface area (Å²) < 4.78 is 4.87. The van der Waals surface area contributed by atoms with E-state index in [1.54, 1.807) is 6.92 Å². The van der Waals surface area contributed by atoms with E-state index >= 15 is 0 Å². The number of aromatic nitrogens is 1. The van der Waals surface area contributed by atoms with Crippen molar-refractivity contribution in [3.05, 3.63) is 16.5 Å². The lowest BCUT2D eigenvalue weighted by Gasteiger charge is -2.56. The number of aryl methyl sites for hydroxylation is 1. The average Bonchev–Trinajstić information content (AvgIpc) is 2.87. The van der Waals surface area contributed by atoms with Crippen LogP contribution in [0.4, 0.5) is 0 Å². The summed E-state index contributed by atoms with van der Waals surface area (Å²) in [6.07, 6.45) is 8.84. The molecule has 0 unspecified atom stereocenters. The van der Waals surface area contributed by atoms with E-state index in [1.165, 1.54) is 38.5 Å². The minimum Gasteiger partial charge on any atom is -0.344 e. The second-order valence-corrected chi connectivity index (χ2v) is 9.05. The summed E-state index contributed by atoms with van der Waals surface area (Å²) in [5.74, 6) is 2.15. The molecule has 4 aliphatic carbocycles. The van der Waals surface area contributed by atoms with Crippen LogP contribution in [0.3, 0.4) is 0 Å². The zero-order valence-corrected chi connectivity index (χ0v) is 15.9. The van der Waals surface area contributed by atoms with Gasteiger partial charge in [0.05, 0.1) is 5.69 Å². The van der Waals surface area contributed by atoms with E-state index in [-0.39, 0.29) is 28.9 Å². The predicted molar refractivity (Wildman–Crippen MR) is 96.1 cm³/mol. The van der Waals surface area contributed by atoms with Crippen LogP contribution in [0.5, 0.6) is 0 Å². The molecule has 0 aliphatic heterocycles. The molecule has 4 fully saturated rings. The SMILES string of the molecule is Cc1noc(Cl)c1CCC(=O)NNC(=O)CC12CC3CC(CC(C3)C1)C2. The molecule has 0 radical (unpaired) electrons. The van der Waals surface area contributed by atoms with Crippen LogP contribution in [0.2, 0.25) is 5.22 Å². The lowest BCUT2D eigenvalue weighted by Crippen LogP contribution is -2.50. The summed E-state index contributed by atoms with van der Waals surface area (Å²) in [5.41, 5.74) is 6.74. The Morgan fingerprint density at radius 3 is 2.23 bits per heavy atom. The Morgan fingerprint density at radius 2 is 1.69 bits per heavy atom. The highest BCUT2D eigenvalue weighted by molar-refractivity contribution is 6.29. The van der Waals surface area contributed by atoms with Crippen LogP contribution in [0.1, 0.15) is 62.6 Å². The second kappa shape index (κ2) is 6.87. The van der Waals surface area contributed by atoms with Crippen LogP contribution in [0.15, 0.2) is 4.52 Å². The smallest absolute Gasteiger partial charge is 0.238 e. The van der Waals surface area contributed by atoms with Crippen molar-refractivity contribution in [2.75, 3.05) is 0 Å². The van der Waals surface area contributed by atoms with Crippen LogP contribution in [-0.2, 0) is 16.0 Å². The van der Waals surface area contributed by atoms with Crippen molar-refractivity contribution in [1.82, 2.24) is 16.0 Å². The number of hydrazine groups is 1. The normalized spacial score (nSPS) is 31.8. The molecule has 1 heterocycles. The molecular formula is C19H26ClN3O3. The van der Waals surface area contributed by atoms with Gasteiger partial charge in [-0.25, -0.2) is 0 Å². The second-order valence-electron chi connectivity index (χ2n) is 8.71. The monoisotopic (exact) mass is 379 g/mol. The van der Waals surface area contributed by atoms with Gasteiger partial charge in [0.25, 0.3) is 0 Å². The molecule has 0 saturated heterocycles. The first-order valence-corrected chi connectivity index (χ1v) is 9.98. The fourth-order valence-corrected chi connectivity index (χ4v) is 6.24. The third kappa shape index (κ3) is 3.61. The first-order valence-electron chi connectivity index (χ1n) is 9.61. The maximum absolute atomic E-state index is 12.4. The molecule has 0 aromatic carbocycles. The highest BCUT2D eigenvalue weighted by Gasteiger charge is 2.51. The summed E-state index contributed by atoms with van der Waals surface area (Å²) in [6.45, 7) is 1.79. The molecule has 4 bridgehead atoms. The number of amides is 2. The van der Waals surface area contributed by atoms with Crippen molar-refractivity contribution in [3.63, 3.8) is 0 Å². The van der Waals surface area contributed by atoms with E-state index in [4.69, 9.17) is 16.1 Å². The highest BCUT2D eigenvalue weighted by atomic mass is 35.5. The van der Waals surface area contributed by atoms with Gasteiger partial charge in [-0.3, -0.25) is 20.4 Å². The standard InChI is InChI=1S/C19H26ClN3O3/c1-11-15(18(20)26-23-11)2-3-16(24)21-22-17(25)10-19-7-12-4-13(8-19)6-14(5-12)9-19/h12-14H,2-10H2,1H3,(H,21,24)(H,22,25). The average molecular weight is 380 g/mol. The number of nitrogens with zero attached hydrogens (tertiary/aromatic N) is 1. The zero-order valence-electron chi connectivity index (χ0n) is 15.1. The molecule has 26 heavy (non-hydrogen) atoms. The first kappa shape index (κ1) is 17.8. The van der Waals surface area contributed by atoms with Crippen molar-refractivity contribution in [3.8, 4) is 0 Å². The van der Waals surface area contributed by atoms with Gasteiger partial charge in [-0.15, -0.1) is 0 Å². The Labute approximate surface area is 158 Å². The Morgan fingerprint density at radius 1 is 1.12 bits per heavy atom. The van der Waals surface area contributed by atoms with Crippen LogP contribution >= 0.6 is 11.6 Å². The van der Waals surface area contributed by atoms with Crippen LogP contribution in [0.25, 0.3) is 0 Å². The minimum atomic E-state index is -0.236. The largest absolute Gasteiger partial charge is 0.344 e. The highest BCUT2D eigenvalue weighted by Crippen LogP contribution is 2.61. The third-order valence-electron chi connectivity index (χ3n) is 6.58. The van der Waals surface area contributed by atoms with Crippen LogP contribution in [0, 0.1) is 30.1 Å². The molecule has 2 amide bonds. The Bertz CT molecular complexity index is 660. The lowest BCUT2D eigenvalue weighted by atomic mass is 9.49. The number of hydrogen-bond acceptors (Lipinski definition) is 4. The minimum absolute atomic E-state index is 0.0699. The quantitative estimate of drug-likeness (QED) is 0.768. The van der Waals surface area contributed by atoms with Gasteiger partial charge < -0.3 is 4.52 Å². The molecule has 0 spiro atoms. The van der Waals surface area contributed by atoms with E-state index in [0.717, 1.165) is 23.3 Å². The molecule has 5 rings (SSSR count). The molecule has 4 saturated carbocycles. The Kier molecular flexibility index (Phi) is 4.71. The summed E-state index contributed by atoms with van der Waals surface area (Å²) in [5, 5.41) is 3.99. The number of nitrogens with one attached hydrogen (secondary N) is 2. The van der Waals surface area contributed by atoms with E-state index in [1.807, 2.05) is 0 Å². The van der Waals surface area contributed by atoms with Crippen molar-refractivity contribution in [2.24, 2.45) is 23.2 Å². The fraction of sp³-hybridized carbons (Fsp3) is 0.737. The fourth-order valence-electron chi connectivity index (χ4n) is 5.97. The first-order chi connectivity index (χ1) is 12.4. The van der Waals surface area contributed by atoms with Gasteiger partial charge in [0.2, 0.25) is 17.0 Å². The summed E-state index contributed by atoms with van der Waals surface area (Å²) >= 11 is 5.90. The van der Waals surface area contributed by atoms with Crippen LogP contribution in [-0.4, -0.2) is 17.0 Å². The van der Waals surface area contributed by atoms with E-state index < -0.39 is 0 Å². The molecule has 0 atom stereocenters. The summed E-state index contributed by atoms with van der Waals surface area (Å²) in [6, 6.07) is 0. The summed E-state index contributed by atoms with van der Waals surface area (Å²) in [4.78, 5) is 24.4. The van der Waals surface area contributed by atoms with Gasteiger partial charge >= 0.3 is 0 Å². The van der Waals surface area contributed by atoms with Crippen molar-refractivity contribution >= 4 is 23.4 Å². The molecule has 4 aliphatic rings. The zero-order chi connectivity index (χ0) is 18.3. The number of carbonyl (C=O) groups is 2. The maximum atomic E-state index is 12.4. The third-order valence-corrected chi connectivity index (χ3v) is 6.88. The van der Waals surface area contributed by atoms with E-state index in [9.17, 15) is 9.59 Å². The summed E-state index contributed by atoms with van der Waals surface area (Å²) in [7, 11) is 0. The molecule has 6 nitrogen and oxygen atoms in total. The lowest BCUT2D eigenvalue weighted by molar-refractivity contribution is -0.134. The van der Waals surface area contributed by atoms with Crippen molar-refractivity contribution < 1.29 is 14.1 Å². The maximum Gasteiger partial charge on any atom is 0.238 e. The number of halogens is 1. The molecule has 142 valence electrons. The topological polar surface area (TPSA) is 84.2 Å². The molecule has 1 aromatic heterocycles. The Hall–Kier alpha value is -1.56. The number of carbonyl (C=O) groups excluding carboxylic acids is 2. The molecular weight excluding hydrogens is 354 g/mol. The van der Waals surface area contributed by atoms with Gasteiger partial charge in [0, 0.05) is 18.4 Å². The van der Waals surface area contributed by atoms with Gasteiger partial charge in [0.1, 0.15) is 0 Å².